The summed E-state index contributed by atoms with van der Waals surface area (Å²) in [7, 11) is 1.83. The second-order valence-corrected chi connectivity index (χ2v) is 5.94. The van der Waals surface area contributed by atoms with Crippen LogP contribution < -0.4 is 10.6 Å². The highest BCUT2D eigenvalue weighted by Crippen LogP contribution is 2.20. The van der Waals surface area contributed by atoms with E-state index in [0.717, 1.165) is 42.9 Å². The van der Waals surface area contributed by atoms with Crippen LogP contribution in [-0.4, -0.2) is 45.8 Å². The van der Waals surface area contributed by atoms with Gasteiger partial charge in [-0.3, -0.25) is 14.8 Å². The normalized spacial score (nSPS) is 17.7. The summed E-state index contributed by atoms with van der Waals surface area (Å²) in [5, 5.41) is 10.2. The average molecular weight is 321 g/mol. The number of aromatic nitrogens is 2. The van der Waals surface area contributed by atoms with E-state index in [2.05, 4.69) is 29.6 Å². The van der Waals surface area contributed by atoms with Crippen LogP contribution in [0.4, 0.5) is 10.6 Å². The first kappa shape index (κ1) is 17.3. The van der Waals surface area contributed by atoms with Gasteiger partial charge in [0.05, 0.1) is 11.7 Å². The topological polar surface area (TPSA) is 79.3 Å². The Hall–Kier alpha value is -2.05. The molecule has 23 heavy (non-hydrogen) atoms. The number of aryl methyl sites for hydroxylation is 2. The Morgan fingerprint density at radius 2 is 2.04 bits per heavy atom. The number of carbonyl (C=O) groups is 2. The van der Waals surface area contributed by atoms with E-state index in [9.17, 15) is 9.59 Å². The van der Waals surface area contributed by atoms with Crippen molar-refractivity contribution in [2.75, 3.05) is 18.4 Å². The minimum atomic E-state index is -0.276. The largest absolute Gasteiger partial charge is 0.341 e. The molecule has 2 heterocycles. The van der Waals surface area contributed by atoms with Gasteiger partial charge in [0, 0.05) is 32.1 Å². The van der Waals surface area contributed by atoms with Gasteiger partial charge in [-0.1, -0.05) is 20.8 Å². The number of carbonyl (C=O) groups excluding carboxylic acids is 2. The lowest BCUT2D eigenvalue weighted by atomic mass is 10.1. The zero-order valence-corrected chi connectivity index (χ0v) is 14.5. The predicted octanol–water partition coefficient (Wildman–Crippen LogP) is 1.68. The monoisotopic (exact) mass is 321 g/mol. The minimum Gasteiger partial charge on any atom is -0.341 e. The van der Waals surface area contributed by atoms with Gasteiger partial charge in [-0.2, -0.15) is 5.10 Å². The number of amides is 3. The van der Waals surface area contributed by atoms with Crippen LogP contribution in [0, 0.1) is 0 Å². The molecule has 1 saturated heterocycles. The Balaban J connectivity index is 1.98. The van der Waals surface area contributed by atoms with Gasteiger partial charge in [0.25, 0.3) is 0 Å². The van der Waals surface area contributed by atoms with Gasteiger partial charge in [-0.15, -0.1) is 0 Å². The van der Waals surface area contributed by atoms with Gasteiger partial charge in [-0.05, 0) is 19.3 Å². The van der Waals surface area contributed by atoms with E-state index >= 15 is 0 Å². The van der Waals surface area contributed by atoms with E-state index < -0.39 is 0 Å². The summed E-state index contributed by atoms with van der Waals surface area (Å²) in [4.78, 5) is 25.9. The number of rotatable bonds is 6. The molecule has 2 rings (SSSR count). The molecule has 1 aromatic heterocycles. The average Bonchev–Trinajstić information content (AvgIpc) is 3.00. The van der Waals surface area contributed by atoms with Crippen LogP contribution in [0.1, 0.15) is 44.9 Å². The predicted molar refractivity (Wildman–Crippen MR) is 89.4 cm³/mol. The van der Waals surface area contributed by atoms with E-state index in [1.54, 1.807) is 4.68 Å². The molecule has 7 nitrogen and oxygen atoms in total. The maximum absolute atomic E-state index is 12.3. The Labute approximate surface area is 137 Å². The summed E-state index contributed by atoms with van der Waals surface area (Å²) in [6, 6.07) is -0.403. The molecule has 128 valence electrons. The highest BCUT2D eigenvalue weighted by molar-refractivity contribution is 5.90. The lowest BCUT2D eigenvalue weighted by Gasteiger charge is -2.16. The number of anilines is 1. The maximum Gasteiger partial charge on any atom is 0.320 e. The molecule has 1 aliphatic rings. The summed E-state index contributed by atoms with van der Waals surface area (Å²) < 4.78 is 1.71. The third-order valence-electron chi connectivity index (χ3n) is 4.19. The van der Waals surface area contributed by atoms with Crippen molar-refractivity contribution in [1.82, 2.24) is 20.0 Å². The van der Waals surface area contributed by atoms with Crippen LogP contribution in [0.25, 0.3) is 0 Å². The van der Waals surface area contributed by atoms with E-state index in [1.807, 2.05) is 18.9 Å². The van der Waals surface area contributed by atoms with E-state index in [1.165, 1.54) is 0 Å². The number of hydrogen-bond acceptors (Lipinski definition) is 3. The molecule has 1 atom stereocenters. The fraction of sp³-hybridized carbons (Fsp3) is 0.688. The van der Waals surface area contributed by atoms with Gasteiger partial charge < -0.3 is 10.2 Å². The fourth-order valence-electron chi connectivity index (χ4n) is 3.12. The van der Waals surface area contributed by atoms with Crippen LogP contribution in [-0.2, 0) is 24.7 Å². The van der Waals surface area contributed by atoms with E-state index in [4.69, 9.17) is 0 Å². The third-order valence-corrected chi connectivity index (χ3v) is 4.19. The molecule has 1 fully saturated rings. The van der Waals surface area contributed by atoms with Crippen LogP contribution in [0.15, 0.2) is 0 Å². The van der Waals surface area contributed by atoms with Gasteiger partial charge in [-0.25, -0.2) is 4.79 Å². The standard InChI is InChI=1S/C16H27N5O2/c1-5-8-21-10-11(9-14(21)22)17-16(23)18-15-12(6-2)13(7-3)19-20(15)4/h11H,5-10H2,1-4H3,(H2,17,18,23)/t11-/m1/s1. The fourth-order valence-corrected chi connectivity index (χ4v) is 3.12. The highest BCUT2D eigenvalue weighted by Gasteiger charge is 2.30. The van der Waals surface area contributed by atoms with Gasteiger partial charge in [0.15, 0.2) is 0 Å². The number of nitrogens with zero attached hydrogens (tertiary/aromatic N) is 3. The molecular weight excluding hydrogens is 294 g/mol. The summed E-state index contributed by atoms with van der Waals surface area (Å²) in [6.07, 6.45) is 2.96. The molecule has 0 bridgehead atoms. The quantitative estimate of drug-likeness (QED) is 0.836. The van der Waals surface area contributed by atoms with Crippen molar-refractivity contribution in [3.8, 4) is 0 Å². The number of hydrogen-bond donors (Lipinski definition) is 2. The van der Waals surface area contributed by atoms with Crippen molar-refractivity contribution < 1.29 is 9.59 Å². The summed E-state index contributed by atoms with van der Waals surface area (Å²) in [5.41, 5.74) is 2.08. The first-order valence-corrected chi connectivity index (χ1v) is 8.40. The Kier molecular flexibility index (Phi) is 5.63. The lowest BCUT2D eigenvalue weighted by Crippen LogP contribution is -2.40. The molecule has 7 heteroatoms. The second kappa shape index (κ2) is 7.48. The van der Waals surface area contributed by atoms with Gasteiger partial charge >= 0.3 is 6.03 Å². The Morgan fingerprint density at radius 3 is 2.65 bits per heavy atom. The summed E-state index contributed by atoms with van der Waals surface area (Å²) in [6.45, 7) is 7.49. The lowest BCUT2D eigenvalue weighted by molar-refractivity contribution is -0.127. The molecule has 0 radical (unpaired) electrons. The Morgan fingerprint density at radius 1 is 1.30 bits per heavy atom. The van der Waals surface area contributed by atoms with Crippen molar-refractivity contribution in [2.24, 2.45) is 7.05 Å². The zero-order valence-electron chi connectivity index (χ0n) is 14.5. The number of likely N-dealkylation sites (tertiary alicyclic amines) is 1. The minimum absolute atomic E-state index is 0.111. The SMILES string of the molecule is CCCN1C[C@H](NC(=O)Nc2c(CC)c(CC)nn2C)CC1=O. The molecule has 0 saturated carbocycles. The highest BCUT2D eigenvalue weighted by atomic mass is 16.2. The number of urea groups is 1. The first-order chi connectivity index (χ1) is 11.0. The van der Waals surface area contributed by atoms with E-state index in [0.29, 0.717) is 13.0 Å². The van der Waals surface area contributed by atoms with Crippen LogP contribution in [0.5, 0.6) is 0 Å². The molecular formula is C16H27N5O2. The van der Waals surface area contributed by atoms with Crippen LogP contribution >= 0.6 is 0 Å². The molecule has 1 aliphatic heterocycles. The molecule has 0 aliphatic carbocycles. The van der Waals surface area contributed by atoms with Crippen LogP contribution in [0.3, 0.4) is 0 Å². The summed E-state index contributed by atoms with van der Waals surface area (Å²) >= 11 is 0. The van der Waals surface area contributed by atoms with Crippen LogP contribution in [0.2, 0.25) is 0 Å². The van der Waals surface area contributed by atoms with Crippen molar-refractivity contribution in [3.05, 3.63) is 11.3 Å². The molecule has 3 amide bonds. The molecule has 0 aromatic carbocycles. The van der Waals surface area contributed by atoms with Crippen molar-refractivity contribution >= 4 is 17.8 Å². The van der Waals surface area contributed by atoms with Gasteiger partial charge in [0.1, 0.15) is 5.82 Å². The Bertz CT molecular complexity index is 581. The molecule has 0 spiro atoms. The second-order valence-electron chi connectivity index (χ2n) is 5.94. The van der Waals surface area contributed by atoms with Gasteiger partial charge in [0.2, 0.25) is 5.91 Å². The molecule has 2 N–H and O–H groups in total. The summed E-state index contributed by atoms with van der Waals surface area (Å²) in [5.74, 6) is 0.844. The maximum atomic E-state index is 12.3. The van der Waals surface area contributed by atoms with E-state index in [-0.39, 0.29) is 18.0 Å². The zero-order chi connectivity index (χ0) is 17.0. The van der Waals surface area contributed by atoms with Crippen molar-refractivity contribution in [1.29, 1.82) is 0 Å². The first-order valence-electron chi connectivity index (χ1n) is 8.40. The van der Waals surface area contributed by atoms with Crippen molar-refractivity contribution in [3.63, 3.8) is 0 Å². The smallest absolute Gasteiger partial charge is 0.320 e. The third kappa shape index (κ3) is 3.83. The molecule has 0 unspecified atom stereocenters. The number of nitrogens with one attached hydrogen (secondary N) is 2. The molecule has 1 aromatic rings. The van der Waals surface area contributed by atoms with Crippen molar-refractivity contribution in [2.45, 2.75) is 52.5 Å².